The third kappa shape index (κ3) is 7.95. The molecule has 1 saturated carbocycles. The lowest BCUT2D eigenvalue weighted by molar-refractivity contribution is 0.195. The number of aryl methyl sites for hydroxylation is 3. The topological polar surface area (TPSA) is 9.72 Å². The average molecular weight is 1090 g/mol. The van der Waals surface area contributed by atoms with E-state index in [4.69, 9.17) is 0 Å². The summed E-state index contributed by atoms with van der Waals surface area (Å²) in [6.07, 6.45) is 9.52. The van der Waals surface area contributed by atoms with E-state index >= 15 is 0 Å². The molecule has 3 nitrogen and oxygen atoms in total. The summed E-state index contributed by atoms with van der Waals surface area (Å²) < 4.78 is 0. The first-order chi connectivity index (χ1) is 39.2. The number of fused-ring (bicyclic) bond motifs is 9. The van der Waals surface area contributed by atoms with Gasteiger partial charge in [-0.15, -0.1) is 0 Å². The van der Waals surface area contributed by atoms with Crippen molar-refractivity contribution in [2.75, 3.05) is 14.7 Å². The molecule has 4 heteroatoms. The highest BCUT2D eigenvalue weighted by atomic mass is 15.3. The summed E-state index contributed by atoms with van der Waals surface area (Å²) >= 11 is 0. The molecular formula is C79H88BN3. The number of nitrogens with zero attached hydrogens (tertiary/aromatic N) is 3. The predicted molar refractivity (Wildman–Crippen MR) is 358 cm³/mol. The molecule has 8 aromatic carbocycles. The molecule has 0 aromatic heterocycles. The first kappa shape index (κ1) is 54.2. The van der Waals surface area contributed by atoms with Crippen LogP contribution in [0.4, 0.5) is 45.5 Å². The summed E-state index contributed by atoms with van der Waals surface area (Å²) in [5, 5.41) is 0. The van der Waals surface area contributed by atoms with Crippen molar-refractivity contribution < 1.29 is 0 Å². The van der Waals surface area contributed by atoms with Crippen LogP contribution in [-0.2, 0) is 32.5 Å². The van der Waals surface area contributed by atoms with Gasteiger partial charge in [0.05, 0.1) is 11.2 Å². The van der Waals surface area contributed by atoms with Gasteiger partial charge in [-0.25, -0.2) is 0 Å². The molecule has 0 bridgehead atoms. The summed E-state index contributed by atoms with van der Waals surface area (Å²) in [4.78, 5) is 8.34. The number of anilines is 8. The van der Waals surface area contributed by atoms with E-state index in [1.54, 1.807) is 0 Å². The van der Waals surface area contributed by atoms with Gasteiger partial charge in [0.1, 0.15) is 0 Å². The van der Waals surface area contributed by atoms with Crippen molar-refractivity contribution >= 4 is 68.6 Å². The van der Waals surface area contributed by atoms with Crippen LogP contribution < -0.4 is 31.1 Å². The largest absolute Gasteiger partial charge is 0.335 e. The normalized spacial score (nSPS) is 21.8. The fraction of sp³-hybridized carbons (Fsp3) is 0.392. The maximum Gasteiger partial charge on any atom is 0.252 e. The first-order valence-electron chi connectivity index (χ1n) is 31.7. The van der Waals surface area contributed by atoms with E-state index in [2.05, 4.69) is 271 Å². The predicted octanol–water partition coefficient (Wildman–Crippen LogP) is 19.8. The summed E-state index contributed by atoms with van der Waals surface area (Å²) in [5.41, 5.74) is 32.5. The molecule has 14 rings (SSSR count). The summed E-state index contributed by atoms with van der Waals surface area (Å²) in [6, 6.07) is 58.4. The van der Waals surface area contributed by atoms with Crippen molar-refractivity contribution in [3.05, 3.63) is 196 Å². The average Bonchev–Trinajstić information content (AvgIpc) is 1.67. The molecule has 2 atom stereocenters. The lowest BCUT2D eigenvalue weighted by atomic mass is 9.33. The number of hydrogen-bond donors (Lipinski definition) is 0. The zero-order chi connectivity index (χ0) is 58.3. The van der Waals surface area contributed by atoms with Gasteiger partial charge in [-0.3, -0.25) is 0 Å². The Kier molecular flexibility index (Phi) is 11.8. The van der Waals surface area contributed by atoms with E-state index in [9.17, 15) is 0 Å². The van der Waals surface area contributed by atoms with Gasteiger partial charge in [0, 0.05) is 50.8 Å². The lowest BCUT2D eigenvalue weighted by Gasteiger charge is -2.53. The molecule has 1 fully saturated rings. The van der Waals surface area contributed by atoms with Gasteiger partial charge in [0.15, 0.2) is 0 Å². The zero-order valence-electron chi connectivity index (χ0n) is 52.9. The van der Waals surface area contributed by atoms with Gasteiger partial charge < -0.3 is 14.7 Å². The minimum atomic E-state index is -0.101. The third-order valence-corrected chi connectivity index (χ3v) is 22.5. The van der Waals surface area contributed by atoms with Gasteiger partial charge in [-0.2, -0.15) is 0 Å². The maximum absolute atomic E-state index is 2.90. The maximum atomic E-state index is 2.90. The Bertz CT molecular complexity index is 3920. The summed E-state index contributed by atoms with van der Waals surface area (Å²) in [6.45, 7) is 39.3. The second-order valence-electron chi connectivity index (χ2n) is 30.8. The van der Waals surface area contributed by atoms with Gasteiger partial charge in [-0.1, -0.05) is 187 Å². The van der Waals surface area contributed by atoms with E-state index < -0.39 is 0 Å². The van der Waals surface area contributed by atoms with Crippen LogP contribution in [0.3, 0.4) is 0 Å². The molecule has 6 aliphatic rings. The quantitative estimate of drug-likeness (QED) is 0.154. The van der Waals surface area contributed by atoms with Crippen molar-refractivity contribution in [2.24, 2.45) is 0 Å². The van der Waals surface area contributed by atoms with E-state index in [-0.39, 0.29) is 44.7 Å². The third-order valence-electron chi connectivity index (χ3n) is 22.5. The first-order valence-corrected chi connectivity index (χ1v) is 31.7. The molecule has 8 aromatic rings. The Morgan fingerprint density at radius 3 is 1.57 bits per heavy atom. The van der Waals surface area contributed by atoms with Gasteiger partial charge in [0.25, 0.3) is 6.71 Å². The van der Waals surface area contributed by atoms with Crippen molar-refractivity contribution in [3.8, 4) is 22.3 Å². The van der Waals surface area contributed by atoms with Crippen LogP contribution in [-0.4, -0.2) is 12.3 Å². The Balaban J connectivity index is 1.11. The lowest BCUT2D eigenvalue weighted by Crippen LogP contribution is -2.64. The van der Waals surface area contributed by atoms with Crippen LogP contribution in [0, 0.1) is 20.8 Å². The minimum absolute atomic E-state index is 0.00795. The smallest absolute Gasteiger partial charge is 0.252 e. The molecular weight excluding hydrogens is 1000 g/mol. The molecule has 0 radical (unpaired) electrons. The van der Waals surface area contributed by atoms with Crippen LogP contribution in [0.25, 0.3) is 22.3 Å². The van der Waals surface area contributed by atoms with Crippen molar-refractivity contribution in [3.63, 3.8) is 0 Å². The molecule has 0 amide bonds. The number of hydrogen-bond acceptors (Lipinski definition) is 3. The second-order valence-corrected chi connectivity index (χ2v) is 30.8. The Labute approximate surface area is 498 Å². The van der Waals surface area contributed by atoms with E-state index in [1.165, 1.54) is 166 Å². The molecule has 422 valence electrons. The van der Waals surface area contributed by atoms with Crippen LogP contribution in [0.2, 0.25) is 0 Å². The second kappa shape index (κ2) is 18.1. The van der Waals surface area contributed by atoms with Gasteiger partial charge in [-0.05, 0) is 231 Å². The molecule has 3 heterocycles. The van der Waals surface area contributed by atoms with Crippen LogP contribution >= 0.6 is 0 Å². The molecule has 2 unspecified atom stereocenters. The SMILES string of the molecule is Cc1cc2c3c(c1)N1c4c(cc(-c5ccccc5)cc4C4(C)CCCCC14C)B3c1ccc(N(c3cc4c(cc3C)C(C)(C)CCC4(C)C)c3cc4c(cc3C)C(C)(C)CCC4(C)C)cc1N2c1ccc(C(C)(C)C)cc1-c1ccccc1. The van der Waals surface area contributed by atoms with Crippen LogP contribution in [0.5, 0.6) is 0 Å². The fourth-order valence-electron chi connectivity index (χ4n) is 17.0. The number of benzene rings is 8. The van der Waals surface area contributed by atoms with Crippen molar-refractivity contribution in [2.45, 2.75) is 200 Å². The Morgan fingerprint density at radius 2 is 0.988 bits per heavy atom. The zero-order valence-corrected chi connectivity index (χ0v) is 52.9. The molecule has 3 aliphatic heterocycles. The minimum Gasteiger partial charge on any atom is -0.335 e. The number of rotatable bonds is 6. The molecule has 83 heavy (non-hydrogen) atoms. The monoisotopic (exact) mass is 1090 g/mol. The highest BCUT2D eigenvalue weighted by molar-refractivity contribution is 7.00. The van der Waals surface area contributed by atoms with E-state index in [1.807, 2.05) is 0 Å². The highest BCUT2D eigenvalue weighted by Crippen LogP contribution is 2.63. The van der Waals surface area contributed by atoms with Crippen LogP contribution in [0.1, 0.15) is 191 Å². The molecule has 0 saturated heterocycles. The molecule has 0 spiro atoms. The van der Waals surface area contributed by atoms with Gasteiger partial charge >= 0.3 is 0 Å². The van der Waals surface area contributed by atoms with Crippen molar-refractivity contribution in [1.82, 2.24) is 0 Å². The van der Waals surface area contributed by atoms with Crippen LogP contribution in [0.15, 0.2) is 146 Å². The summed E-state index contributed by atoms with van der Waals surface area (Å²) in [7, 11) is 0. The summed E-state index contributed by atoms with van der Waals surface area (Å²) in [5.74, 6) is 0. The van der Waals surface area contributed by atoms with Crippen molar-refractivity contribution in [1.29, 1.82) is 0 Å². The standard InChI is InChI=1S/C79H88BN3/c1-49-39-69-71-70(40-49)83-72-62(78(15)33-23-24-34-79(78,83)16)43-54(52-25-19-17-20-26-52)44-64(72)80(71)63-31-30-56(46-68(63)82(69)65-32-29-55(73(4,5)6)45-57(65)53-27-21-18-22-28-53)81(66-47-60-58(41-50(66)2)74(7,8)35-37-76(60,11)12)67-48-61-59(42-51(67)3)75(9,10)36-38-77(61,13)14/h17-22,25-32,39-48H,23-24,33-38H2,1-16H3. The van der Waals surface area contributed by atoms with E-state index in [0.717, 1.165) is 19.3 Å². The Hall–Kier alpha value is -6.78. The molecule has 3 aliphatic carbocycles. The van der Waals surface area contributed by atoms with E-state index in [0.29, 0.717) is 0 Å². The molecule has 0 N–H and O–H groups in total. The fourth-order valence-corrected chi connectivity index (χ4v) is 17.0. The Morgan fingerprint density at radius 1 is 0.446 bits per heavy atom. The highest BCUT2D eigenvalue weighted by Gasteiger charge is 2.61. The van der Waals surface area contributed by atoms with Gasteiger partial charge in [0.2, 0.25) is 0 Å².